The average molecular weight is 391 g/mol. The number of amides is 1. The van der Waals surface area contributed by atoms with Gasteiger partial charge in [0.1, 0.15) is 10.8 Å². The number of nitro benzene ring substituents is 1. The first kappa shape index (κ1) is 18.0. The third-order valence-electron chi connectivity index (χ3n) is 3.70. The fourth-order valence-corrected chi connectivity index (χ4v) is 2.69. The van der Waals surface area contributed by atoms with Crippen LogP contribution in [0.15, 0.2) is 52.9 Å². The second kappa shape index (κ2) is 7.19. The molecule has 0 bridgehead atoms. The largest absolute Gasteiger partial charge is 0.451 e. The van der Waals surface area contributed by atoms with E-state index < -0.39 is 10.8 Å². The Balaban J connectivity index is 1.86. The van der Waals surface area contributed by atoms with Gasteiger partial charge in [-0.1, -0.05) is 29.3 Å². The summed E-state index contributed by atoms with van der Waals surface area (Å²) in [5.74, 6) is -0.0696. The second-order valence-corrected chi connectivity index (χ2v) is 6.34. The fraction of sp³-hybridized carbons (Fsp3) is 0.0556. The number of hydrogen-bond donors (Lipinski definition) is 1. The van der Waals surface area contributed by atoms with Gasteiger partial charge in [-0.15, -0.1) is 0 Å². The number of aryl methyl sites for hydroxylation is 1. The minimum Gasteiger partial charge on any atom is -0.451 e. The summed E-state index contributed by atoms with van der Waals surface area (Å²) in [7, 11) is 0. The van der Waals surface area contributed by atoms with Crippen molar-refractivity contribution in [2.45, 2.75) is 6.92 Å². The number of nitrogens with zero attached hydrogens (tertiary/aromatic N) is 1. The first-order valence-corrected chi connectivity index (χ1v) is 8.22. The molecule has 1 aromatic heterocycles. The Hall–Kier alpha value is -2.83. The summed E-state index contributed by atoms with van der Waals surface area (Å²) < 4.78 is 5.54. The number of nitro groups is 1. The van der Waals surface area contributed by atoms with E-state index >= 15 is 0 Å². The summed E-state index contributed by atoms with van der Waals surface area (Å²) in [6.07, 6.45) is 0. The molecule has 0 saturated heterocycles. The van der Waals surface area contributed by atoms with Gasteiger partial charge in [0.15, 0.2) is 5.76 Å². The third-order valence-corrected chi connectivity index (χ3v) is 4.26. The van der Waals surface area contributed by atoms with Gasteiger partial charge in [0.05, 0.1) is 4.92 Å². The molecule has 8 heteroatoms. The number of anilines is 1. The monoisotopic (exact) mass is 390 g/mol. The molecule has 26 heavy (non-hydrogen) atoms. The smallest absolute Gasteiger partial charge is 0.291 e. The molecule has 132 valence electrons. The van der Waals surface area contributed by atoms with Crippen molar-refractivity contribution in [1.29, 1.82) is 0 Å². The van der Waals surface area contributed by atoms with Crippen LogP contribution in [0.25, 0.3) is 11.3 Å². The van der Waals surface area contributed by atoms with Gasteiger partial charge in [-0.2, -0.15) is 0 Å². The molecule has 0 fully saturated rings. The molecule has 1 N–H and O–H groups in total. The van der Waals surface area contributed by atoms with Gasteiger partial charge in [0.25, 0.3) is 11.6 Å². The van der Waals surface area contributed by atoms with Crippen LogP contribution < -0.4 is 5.32 Å². The summed E-state index contributed by atoms with van der Waals surface area (Å²) in [4.78, 5) is 22.8. The summed E-state index contributed by atoms with van der Waals surface area (Å²) in [5, 5.41) is 14.2. The standard InChI is InChI=1S/C18H12Cl2N2O4/c1-10-2-4-12(19)9-14(10)21-18(23)17-7-6-16(26-17)11-3-5-13(20)15(8-11)22(24)25/h2-9H,1H3,(H,21,23). The van der Waals surface area contributed by atoms with E-state index in [0.717, 1.165) is 5.56 Å². The molecule has 0 atom stereocenters. The normalized spacial score (nSPS) is 10.6. The van der Waals surface area contributed by atoms with Crippen molar-refractivity contribution in [2.24, 2.45) is 0 Å². The maximum atomic E-state index is 12.4. The Morgan fingerprint density at radius 2 is 1.88 bits per heavy atom. The zero-order chi connectivity index (χ0) is 18.8. The van der Waals surface area contributed by atoms with Gasteiger partial charge in [-0.3, -0.25) is 14.9 Å². The van der Waals surface area contributed by atoms with E-state index in [2.05, 4.69) is 5.32 Å². The number of nitrogens with one attached hydrogen (secondary N) is 1. The maximum absolute atomic E-state index is 12.4. The molecule has 1 heterocycles. The van der Waals surface area contributed by atoms with Gasteiger partial charge in [-0.05, 0) is 48.9 Å². The van der Waals surface area contributed by atoms with Gasteiger partial charge in [-0.25, -0.2) is 0 Å². The van der Waals surface area contributed by atoms with Crippen LogP contribution in [-0.4, -0.2) is 10.8 Å². The molecule has 0 aliphatic carbocycles. The van der Waals surface area contributed by atoms with Crippen molar-refractivity contribution < 1.29 is 14.1 Å². The quantitative estimate of drug-likeness (QED) is 0.455. The zero-order valence-electron chi connectivity index (χ0n) is 13.5. The lowest BCUT2D eigenvalue weighted by Gasteiger charge is -2.07. The second-order valence-electron chi connectivity index (χ2n) is 5.50. The lowest BCUT2D eigenvalue weighted by atomic mass is 10.1. The molecule has 2 aromatic carbocycles. The van der Waals surface area contributed by atoms with E-state index in [1.807, 2.05) is 6.92 Å². The third kappa shape index (κ3) is 3.71. The van der Waals surface area contributed by atoms with Gasteiger partial charge < -0.3 is 9.73 Å². The topological polar surface area (TPSA) is 85.4 Å². The van der Waals surface area contributed by atoms with Crippen molar-refractivity contribution in [1.82, 2.24) is 0 Å². The van der Waals surface area contributed by atoms with Crippen molar-refractivity contribution in [2.75, 3.05) is 5.32 Å². The zero-order valence-corrected chi connectivity index (χ0v) is 15.0. The van der Waals surface area contributed by atoms with Crippen LogP contribution in [0.2, 0.25) is 10.0 Å². The molecule has 0 aliphatic heterocycles. The summed E-state index contributed by atoms with van der Waals surface area (Å²) in [6.45, 7) is 1.84. The summed E-state index contributed by atoms with van der Waals surface area (Å²) >= 11 is 11.7. The van der Waals surface area contributed by atoms with Crippen LogP contribution in [0, 0.1) is 17.0 Å². The van der Waals surface area contributed by atoms with Crippen LogP contribution in [0.5, 0.6) is 0 Å². The first-order valence-electron chi connectivity index (χ1n) is 7.47. The number of carbonyl (C=O) groups excluding carboxylic acids is 1. The van der Waals surface area contributed by atoms with Crippen molar-refractivity contribution in [3.8, 4) is 11.3 Å². The number of carbonyl (C=O) groups is 1. The molecule has 0 aliphatic rings. The Morgan fingerprint density at radius 3 is 2.62 bits per heavy atom. The molecule has 3 rings (SSSR count). The van der Waals surface area contributed by atoms with E-state index in [1.54, 1.807) is 30.3 Å². The highest BCUT2D eigenvalue weighted by Gasteiger charge is 2.17. The van der Waals surface area contributed by atoms with Gasteiger partial charge in [0, 0.05) is 22.3 Å². The number of benzene rings is 2. The lowest BCUT2D eigenvalue weighted by molar-refractivity contribution is -0.384. The Labute approximate surface area is 158 Å². The predicted molar refractivity (Wildman–Crippen MR) is 100.0 cm³/mol. The molecule has 0 unspecified atom stereocenters. The SMILES string of the molecule is Cc1ccc(Cl)cc1NC(=O)c1ccc(-c2ccc(Cl)c([N+](=O)[O-])c2)o1. The Morgan fingerprint density at radius 1 is 1.12 bits per heavy atom. The highest BCUT2D eigenvalue weighted by atomic mass is 35.5. The van der Waals surface area contributed by atoms with E-state index in [9.17, 15) is 14.9 Å². The van der Waals surface area contributed by atoms with Crippen LogP contribution in [-0.2, 0) is 0 Å². The minimum absolute atomic E-state index is 0.0275. The first-order chi connectivity index (χ1) is 12.3. The van der Waals surface area contributed by atoms with Crippen LogP contribution in [0.3, 0.4) is 0 Å². The Kier molecular flexibility index (Phi) is 4.97. The van der Waals surface area contributed by atoms with E-state index in [1.165, 1.54) is 18.2 Å². The summed E-state index contributed by atoms with van der Waals surface area (Å²) in [5.41, 5.74) is 1.63. The molecule has 0 saturated carbocycles. The molecule has 1 amide bonds. The number of rotatable bonds is 4. The predicted octanol–water partition coefficient (Wildman–Crippen LogP) is 5.72. The van der Waals surface area contributed by atoms with Crippen molar-refractivity contribution in [3.63, 3.8) is 0 Å². The average Bonchev–Trinajstić information content (AvgIpc) is 3.08. The number of furan rings is 1. The van der Waals surface area contributed by atoms with Gasteiger partial charge in [0.2, 0.25) is 0 Å². The molecular weight excluding hydrogens is 379 g/mol. The van der Waals surface area contributed by atoms with Gasteiger partial charge >= 0.3 is 0 Å². The molecule has 0 radical (unpaired) electrons. The fourth-order valence-electron chi connectivity index (χ4n) is 2.33. The number of halogens is 2. The highest BCUT2D eigenvalue weighted by Crippen LogP contribution is 2.31. The molecule has 3 aromatic rings. The summed E-state index contributed by atoms with van der Waals surface area (Å²) in [6, 6.07) is 12.5. The highest BCUT2D eigenvalue weighted by molar-refractivity contribution is 6.32. The van der Waals surface area contributed by atoms with Crippen LogP contribution >= 0.6 is 23.2 Å². The van der Waals surface area contributed by atoms with E-state index in [-0.39, 0.29) is 16.5 Å². The lowest BCUT2D eigenvalue weighted by Crippen LogP contribution is -2.11. The molecular formula is C18H12Cl2N2O4. The Bertz CT molecular complexity index is 1010. The molecule has 0 spiro atoms. The minimum atomic E-state index is -0.579. The van der Waals surface area contributed by atoms with E-state index in [0.29, 0.717) is 22.0 Å². The maximum Gasteiger partial charge on any atom is 0.291 e. The van der Waals surface area contributed by atoms with Crippen LogP contribution in [0.1, 0.15) is 16.1 Å². The van der Waals surface area contributed by atoms with Crippen molar-refractivity contribution in [3.05, 3.63) is 80.0 Å². The van der Waals surface area contributed by atoms with Crippen LogP contribution in [0.4, 0.5) is 11.4 Å². The molecule has 6 nitrogen and oxygen atoms in total. The van der Waals surface area contributed by atoms with Crippen molar-refractivity contribution >= 4 is 40.5 Å². The van der Waals surface area contributed by atoms with E-state index in [4.69, 9.17) is 27.6 Å². The number of hydrogen-bond acceptors (Lipinski definition) is 4.